The van der Waals surface area contributed by atoms with Crippen LogP contribution in [0.1, 0.15) is 35.9 Å². The summed E-state index contributed by atoms with van der Waals surface area (Å²) in [6.07, 6.45) is -2.04. The zero-order valence-corrected chi connectivity index (χ0v) is 18.6. The van der Waals surface area contributed by atoms with Crippen LogP contribution in [0.2, 0.25) is 0 Å². The molecule has 8 heteroatoms. The largest absolute Gasteiger partial charge is 0.479 e. The van der Waals surface area contributed by atoms with Gasteiger partial charge in [-0.05, 0) is 44.2 Å². The number of nitrogens with zero attached hydrogens (tertiary/aromatic N) is 1. The summed E-state index contributed by atoms with van der Waals surface area (Å²) in [5.41, 5.74) is 7.06. The van der Waals surface area contributed by atoms with Gasteiger partial charge in [-0.2, -0.15) is 0 Å². The minimum Gasteiger partial charge on any atom is -0.479 e. The molecular weight excluding hydrogens is 412 g/mol. The Bertz CT molecular complexity index is 1140. The highest BCUT2D eigenvalue weighted by atomic mass is 16.7. The monoisotopic (exact) mass is 440 g/mol. The van der Waals surface area contributed by atoms with E-state index in [9.17, 15) is 9.90 Å². The highest BCUT2D eigenvalue weighted by Crippen LogP contribution is 2.46. The molecule has 2 aromatic carbocycles. The van der Waals surface area contributed by atoms with Gasteiger partial charge in [-0.1, -0.05) is 18.2 Å². The van der Waals surface area contributed by atoms with Crippen molar-refractivity contribution in [1.29, 1.82) is 0 Å². The number of aliphatic hydroxyl groups excluding tert-OH is 1. The molecule has 0 aliphatic carbocycles. The number of nitrogens with two attached hydrogens (primary N) is 1. The van der Waals surface area contributed by atoms with Crippen LogP contribution in [0.3, 0.4) is 0 Å². The SMILES string of the molecule is CCOC(=O)c1cc2ccccc2n1[C@@H]1c2cc(N)ccc2O[C@](C)(C(OC)OC)[C@H]1O. The van der Waals surface area contributed by atoms with E-state index in [2.05, 4.69) is 0 Å². The molecule has 0 amide bonds. The summed E-state index contributed by atoms with van der Waals surface area (Å²) in [7, 11) is 2.97. The Kier molecular flexibility index (Phi) is 5.85. The van der Waals surface area contributed by atoms with Crippen LogP contribution in [0.25, 0.3) is 10.9 Å². The molecule has 32 heavy (non-hydrogen) atoms. The van der Waals surface area contributed by atoms with Gasteiger partial charge < -0.3 is 34.4 Å². The summed E-state index contributed by atoms with van der Waals surface area (Å²) >= 11 is 0. The molecule has 170 valence electrons. The van der Waals surface area contributed by atoms with Gasteiger partial charge in [0.25, 0.3) is 0 Å². The van der Waals surface area contributed by atoms with E-state index in [1.54, 1.807) is 42.7 Å². The average molecular weight is 440 g/mol. The second-order valence-electron chi connectivity index (χ2n) is 7.96. The maximum absolute atomic E-state index is 12.9. The molecule has 0 saturated carbocycles. The van der Waals surface area contributed by atoms with Crippen molar-refractivity contribution in [2.24, 2.45) is 0 Å². The second-order valence-corrected chi connectivity index (χ2v) is 7.96. The number of hydrogen-bond donors (Lipinski definition) is 2. The molecule has 0 saturated heterocycles. The van der Waals surface area contributed by atoms with E-state index in [0.717, 1.165) is 10.9 Å². The van der Waals surface area contributed by atoms with Crippen molar-refractivity contribution in [3.05, 3.63) is 59.8 Å². The lowest BCUT2D eigenvalue weighted by Crippen LogP contribution is -2.60. The molecule has 1 aliphatic heterocycles. The van der Waals surface area contributed by atoms with Gasteiger partial charge in [0.15, 0.2) is 11.9 Å². The Balaban J connectivity index is 2.01. The molecule has 0 unspecified atom stereocenters. The number of ether oxygens (including phenoxy) is 4. The smallest absolute Gasteiger partial charge is 0.354 e. The van der Waals surface area contributed by atoms with Gasteiger partial charge in [-0.25, -0.2) is 4.79 Å². The number of carbonyl (C=O) groups excluding carboxylic acids is 1. The Labute approximate surface area is 186 Å². The zero-order valence-electron chi connectivity index (χ0n) is 18.6. The number of aromatic nitrogens is 1. The van der Waals surface area contributed by atoms with E-state index in [4.69, 9.17) is 24.7 Å². The predicted octanol–water partition coefficient (Wildman–Crippen LogP) is 3.12. The fourth-order valence-electron chi connectivity index (χ4n) is 4.54. The highest BCUT2D eigenvalue weighted by molar-refractivity contribution is 5.96. The van der Waals surface area contributed by atoms with Gasteiger partial charge in [0.05, 0.1) is 12.6 Å². The lowest BCUT2D eigenvalue weighted by atomic mass is 9.84. The number of hydrogen-bond acceptors (Lipinski definition) is 7. The summed E-state index contributed by atoms with van der Waals surface area (Å²) in [6, 6.07) is 13.8. The van der Waals surface area contributed by atoms with Gasteiger partial charge in [0.1, 0.15) is 17.5 Å². The van der Waals surface area contributed by atoms with Crippen LogP contribution in [-0.2, 0) is 14.2 Å². The number of benzene rings is 2. The number of carbonyl (C=O) groups is 1. The van der Waals surface area contributed by atoms with E-state index in [0.29, 0.717) is 22.7 Å². The molecule has 2 heterocycles. The number of esters is 1. The summed E-state index contributed by atoms with van der Waals surface area (Å²) in [6.45, 7) is 3.70. The third kappa shape index (κ3) is 3.40. The number of methoxy groups -OCH3 is 2. The molecule has 0 fully saturated rings. The van der Waals surface area contributed by atoms with E-state index < -0.39 is 30.0 Å². The number of rotatable bonds is 6. The first kappa shape index (κ1) is 22.1. The minimum atomic E-state index is -1.28. The van der Waals surface area contributed by atoms with Crippen LogP contribution in [0, 0.1) is 0 Å². The first-order valence-electron chi connectivity index (χ1n) is 10.4. The maximum atomic E-state index is 12.9. The lowest BCUT2D eigenvalue weighted by Gasteiger charge is -2.47. The van der Waals surface area contributed by atoms with Crippen molar-refractivity contribution in [2.45, 2.75) is 37.9 Å². The van der Waals surface area contributed by atoms with Crippen molar-refractivity contribution in [1.82, 2.24) is 4.57 Å². The normalized spacial score (nSPS) is 22.6. The number of fused-ring (bicyclic) bond motifs is 2. The van der Waals surface area contributed by atoms with Crippen molar-refractivity contribution in [3.8, 4) is 5.75 Å². The zero-order chi connectivity index (χ0) is 23.0. The van der Waals surface area contributed by atoms with Crippen LogP contribution in [0.5, 0.6) is 5.75 Å². The van der Waals surface area contributed by atoms with E-state index in [-0.39, 0.29) is 6.61 Å². The van der Waals surface area contributed by atoms with Gasteiger partial charge in [-0.15, -0.1) is 0 Å². The Hall–Kier alpha value is -3.07. The van der Waals surface area contributed by atoms with Crippen LogP contribution in [-0.4, -0.2) is 54.5 Å². The van der Waals surface area contributed by atoms with Gasteiger partial charge in [0.2, 0.25) is 0 Å². The first-order valence-corrected chi connectivity index (χ1v) is 10.4. The van der Waals surface area contributed by atoms with E-state index in [1.807, 2.05) is 24.3 Å². The number of aliphatic hydroxyl groups is 1. The fourth-order valence-corrected chi connectivity index (χ4v) is 4.54. The summed E-state index contributed by atoms with van der Waals surface area (Å²) in [5.74, 6) is 0.0354. The summed E-state index contributed by atoms with van der Waals surface area (Å²) in [5, 5.41) is 12.6. The lowest BCUT2D eigenvalue weighted by molar-refractivity contribution is -0.238. The van der Waals surface area contributed by atoms with Crippen LogP contribution >= 0.6 is 0 Å². The molecule has 0 radical (unpaired) electrons. The number of anilines is 1. The Morgan fingerprint density at radius 2 is 1.94 bits per heavy atom. The molecule has 3 N–H and O–H groups in total. The van der Waals surface area contributed by atoms with E-state index >= 15 is 0 Å². The summed E-state index contributed by atoms with van der Waals surface area (Å²) in [4.78, 5) is 12.9. The second kappa shape index (κ2) is 8.46. The maximum Gasteiger partial charge on any atom is 0.354 e. The topological polar surface area (TPSA) is 105 Å². The fraction of sp³-hybridized carbons (Fsp3) is 0.375. The Morgan fingerprint density at radius 3 is 2.62 bits per heavy atom. The molecule has 1 aliphatic rings. The molecular formula is C24H28N2O6. The number of para-hydroxylation sites is 1. The number of nitrogen functional groups attached to an aromatic ring is 1. The standard InChI is InChI=1S/C24H28N2O6/c1-5-31-22(28)18-12-14-8-6-7-9-17(14)26(18)20-16-13-15(25)10-11-19(16)32-24(2,21(20)27)23(29-3)30-4/h6-13,20-21,23,27H,5,25H2,1-4H3/t20-,21+,24+/m1/s1. The van der Waals surface area contributed by atoms with Crippen molar-refractivity contribution in [2.75, 3.05) is 26.6 Å². The molecule has 0 spiro atoms. The van der Waals surface area contributed by atoms with Crippen LogP contribution < -0.4 is 10.5 Å². The van der Waals surface area contributed by atoms with Crippen molar-refractivity contribution in [3.63, 3.8) is 0 Å². The van der Waals surface area contributed by atoms with Crippen molar-refractivity contribution >= 4 is 22.6 Å². The minimum absolute atomic E-state index is 0.230. The van der Waals surface area contributed by atoms with Crippen LogP contribution in [0.4, 0.5) is 5.69 Å². The van der Waals surface area contributed by atoms with Gasteiger partial charge >= 0.3 is 5.97 Å². The van der Waals surface area contributed by atoms with Crippen LogP contribution in [0.15, 0.2) is 48.5 Å². The molecule has 3 aromatic rings. The molecule has 1 aromatic heterocycles. The first-order chi connectivity index (χ1) is 15.3. The van der Waals surface area contributed by atoms with Gasteiger partial charge in [-0.3, -0.25) is 0 Å². The van der Waals surface area contributed by atoms with E-state index in [1.165, 1.54) is 14.2 Å². The predicted molar refractivity (Wildman–Crippen MR) is 120 cm³/mol. The average Bonchev–Trinajstić information content (AvgIpc) is 3.16. The highest BCUT2D eigenvalue weighted by Gasteiger charge is 2.53. The third-order valence-corrected chi connectivity index (χ3v) is 5.98. The molecule has 4 rings (SSSR count). The van der Waals surface area contributed by atoms with Gasteiger partial charge in [0, 0.05) is 36.4 Å². The van der Waals surface area contributed by atoms with Crippen molar-refractivity contribution < 1.29 is 28.8 Å². The molecule has 0 bridgehead atoms. The Morgan fingerprint density at radius 1 is 1.22 bits per heavy atom. The third-order valence-electron chi connectivity index (χ3n) is 5.98. The quantitative estimate of drug-likeness (QED) is 0.345. The molecule has 8 nitrogen and oxygen atoms in total. The summed E-state index contributed by atoms with van der Waals surface area (Å²) < 4.78 is 24.3. The molecule has 3 atom stereocenters.